The summed E-state index contributed by atoms with van der Waals surface area (Å²) < 4.78 is 10.8. The smallest absolute Gasteiger partial charge is 0.260 e. The number of hydrogen-bond acceptors (Lipinski definition) is 4. The van der Waals surface area contributed by atoms with Crippen LogP contribution in [0.15, 0.2) is 48.5 Å². The maximum Gasteiger partial charge on any atom is 0.260 e. The van der Waals surface area contributed by atoms with Gasteiger partial charge in [0.05, 0.1) is 6.61 Å². The fourth-order valence-corrected chi connectivity index (χ4v) is 2.98. The van der Waals surface area contributed by atoms with Crippen molar-refractivity contribution < 1.29 is 19.1 Å². The number of fused-ring (bicyclic) bond motifs is 1. The molecule has 142 valence electrons. The summed E-state index contributed by atoms with van der Waals surface area (Å²) in [4.78, 5) is 25.8. The zero-order chi connectivity index (χ0) is 19.1. The van der Waals surface area contributed by atoms with Crippen molar-refractivity contribution in [2.75, 3.05) is 32.2 Å². The fraction of sp³-hybridized carbons (Fsp3) is 0.333. The first-order valence-corrected chi connectivity index (χ1v) is 9.02. The van der Waals surface area contributed by atoms with Gasteiger partial charge in [-0.3, -0.25) is 9.59 Å². The average molecular weight is 368 g/mol. The molecule has 0 fully saturated rings. The summed E-state index contributed by atoms with van der Waals surface area (Å²) in [5.41, 5.74) is 2.90. The minimum absolute atomic E-state index is 0.0287. The molecule has 2 aromatic carbocycles. The van der Waals surface area contributed by atoms with Crippen LogP contribution >= 0.6 is 0 Å². The van der Waals surface area contributed by atoms with Gasteiger partial charge < -0.3 is 19.7 Å². The van der Waals surface area contributed by atoms with Crippen molar-refractivity contribution in [3.63, 3.8) is 0 Å². The van der Waals surface area contributed by atoms with E-state index in [1.165, 1.54) is 0 Å². The number of nitrogens with one attached hydrogen (secondary N) is 1. The molecule has 6 heteroatoms. The molecule has 0 aliphatic carbocycles. The van der Waals surface area contributed by atoms with Gasteiger partial charge in [-0.2, -0.15) is 0 Å². The number of amides is 2. The van der Waals surface area contributed by atoms with Crippen LogP contribution in [0.4, 0.5) is 5.69 Å². The molecule has 0 aromatic heterocycles. The first-order valence-electron chi connectivity index (χ1n) is 9.02. The van der Waals surface area contributed by atoms with Crippen LogP contribution in [0.1, 0.15) is 17.5 Å². The second kappa shape index (κ2) is 9.19. The van der Waals surface area contributed by atoms with Gasteiger partial charge in [-0.15, -0.1) is 0 Å². The Morgan fingerprint density at radius 2 is 1.96 bits per heavy atom. The predicted octanol–water partition coefficient (Wildman–Crippen LogP) is 2.63. The average Bonchev–Trinajstić information content (AvgIpc) is 2.70. The topological polar surface area (TPSA) is 67.9 Å². The second-order valence-electron chi connectivity index (χ2n) is 6.45. The highest BCUT2D eigenvalue weighted by atomic mass is 16.5. The molecule has 0 unspecified atom stereocenters. The Morgan fingerprint density at radius 3 is 2.74 bits per heavy atom. The molecule has 2 amide bonds. The van der Waals surface area contributed by atoms with Gasteiger partial charge in [0, 0.05) is 32.3 Å². The van der Waals surface area contributed by atoms with E-state index in [-0.39, 0.29) is 18.4 Å². The van der Waals surface area contributed by atoms with Gasteiger partial charge in [0.15, 0.2) is 6.61 Å². The molecule has 0 atom stereocenters. The zero-order valence-electron chi connectivity index (χ0n) is 15.4. The lowest BCUT2D eigenvalue weighted by Gasteiger charge is -2.23. The van der Waals surface area contributed by atoms with E-state index in [4.69, 9.17) is 9.47 Å². The standard InChI is InChI=1S/C21H24N2O4/c1-26-12-11-23(14-16-5-3-2-4-6-16)21(25)15-27-18-8-9-19-17(13-18)7-10-20(24)22-19/h2-6,8-9,13H,7,10-12,14-15H2,1H3,(H,22,24). The van der Waals surface area contributed by atoms with Gasteiger partial charge in [0.2, 0.25) is 5.91 Å². The number of nitrogens with zero attached hydrogens (tertiary/aromatic N) is 1. The number of ether oxygens (including phenoxy) is 2. The van der Waals surface area contributed by atoms with Gasteiger partial charge in [-0.25, -0.2) is 0 Å². The Bertz CT molecular complexity index is 792. The van der Waals surface area contributed by atoms with Crippen LogP contribution in [0.2, 0.25) is 0 Å². The third-order valence-electron chi connectivity index (χ3n) is 4.47. The van der Waals surface area contributed by atoms with Gasteiger partial charge in [-0.05, 0) is 35.7 Å². The molecule has 1 N–H and O–H groups in total. The molecular weight excluding hydrogens is 344 g/mol. The maximum absolute atomic E-state index is 12.6. The summed E-state index contributed by atoms with van der Waals surface area (Å²) in [6.45, 7) is 1.45. The lowest BCUT2D eigenvalue weighted by atomic mass is 10.0. The number of carbonyl (C=O) groups is 2. The Kier molecular flexibility index (Phi) is 6.44. The molecule has 0 radical (unpaired) electrons. The Labute approximate surface area is 159 Å². The van der Waals surface area contributed by atoms with Gasteiger partial charge >= 0.3 is 0 Å². The van der Waals surface area contributed by atoms with E-state index in [9.17, 15) is 9.59 Å². The third-order valence-corrected chi connectivity index (χ3v) is 4.47. The van der Waals surface area contributed by atoms with Crippen molar-refractivity contribution in [3.8, 4) is 5.75 Å². The highest BCUT2D eigenvalue weighted by Gasteiger charge is 2.17. The molecule has 1 aliphatic rings. The molecule has 0 saturated carbocycles. The van der Waals surface area contributed by atoms with Gasteiger partial charge in [0.1, 0.15) is 5.75 Å². The minimum Gasteiger partial charge on any atom is -0.484 e. The van der Waals surface area contributed by atoms with Crippen LogP contribution in [-0.4, -0.2) is 43.6 Å². The number of anilines is 1. The Balaban J connectivity index is 1.60. The lowest BCUT2D eigenvalue weighted by Crippen LogP contribution is -2.36. The lowest BCUT2D eigenvalue weighted by molar-refractivity contribution is -0.134. The van der Waals surface area contributed by atoms with Crippen LogP contribution in [-0.2, 0) is 27.3 Å². The number of carbonyl (C=O) groups excluding carboxylic acids is 2. The third kappa shape index (κ3) is 5.31. The molecule has 27 heavy (non-hydrogen) atoms. The highest BCUT2D eigenvalue weighted by Crippen LogP contribution is 2.26. The Hall–Kier alpha value is -2.86. The van der Waals surface area contributed by atoms with Crippen LogP contribution in [0, 0.1) is 0 Å². The van der Waals surface area contributed by atoms with Crippen LogP contribution < -0.4 is 10.1 Å². The summed E-state index contributed by atoms with van der Waals surface area (Å²) >= 11 is 0. The zero-order valence-corrected chi connectivity index (χ0v) is 15.4. The van der Waals surface area contributed by atoms with Crippen molar-refractivity contribution in [1.82, 2.24) is 4.90 Å². The molecule has 1 aliphatic heterocycles. The SMILES string of the molecule is COCCN(Cc1ccccc1)C(=O)COc1ccc2c(c1)CCC(=O)N2. The number of hydrogen-bond donors (Lipinski definition) is 1. The molecular formula is C21H24N2O4. The van der Waals surface area contributed by atoms with Gasteiger partial charge in [0.25, 0.3) is 5.91 Å². The molecule has 0 bridgehead atoms. The number of benzene rings is 2. The molecule has 6 nitrogen and oxygen atoms in total. The minimum atomic E-state index is -0.0954. The molecule has 0 saturated heterocycles. The van der Waals surface area contributed by atoms with E-state index in [0.29, 0.717) is 38.3 Å². The summed E-state index contributed by atoms with van der Waals surface area (Å²) in [5, 5.41) is 2.84. The molecule has 3 rings (SSSR count). The van der Waals surface area contributed by atoms with Crippen molar-refractivity contribution in [2.45, 2.75) is 19.4 Å². The summed E-state index contributed by atoms with van der Waals surface area (Å²) in [6.07, 6.45) is 1.15. The predicted molar refractivity (Wildman–Crippen MR) is 103 cm³/mol. The van der Waals surface area contributed by atoms with E-state index in [1.54, 1.807) is 18.1 Å². The summed E-state index contributed by atoms with van der Waals surface area (Å²) in [6, 6.07) is 15.3. The summed E-state index contributed by atoms with van der Waals surface area (Å²) in [5.74, 6) is 0.563. The normalized spacial score (nSPS) is 12.9. The van der Waals surface area contributed by atoms with Crippen molar-refractivity contribution >= 4 is 17.5 Å². The largest absolute Gasteiger partial charge is 0.484 e. The van der Waals surface area contributed by atoms with Crippen LogP contribution in [0.3, 0.4) is 0 Å². The second-order valence-corrected chi connectivity index (χ2v) is 6.45. The molecule has 0 spiro atoms. The van der Waals surface area contributed by atoms with Crippen molar-refractivity contribution in [3.05, 3.63) is 59.7 Å². The van der Waals surface area contributed by atoms with E-state index in [0.717, 1.165) is 16.8 Å². The van der Waals surface area contributed by atoms with E-state index in [2.05, 4.69) is 5.32 Å². The molecule has 1 heterocycles. The number of methoxy groups -OCH3 is 1. The summed E-state index contributed by atoms with van der Waals surface area (Å²) in [7, 11) is 1.62. The maximum atomic E-state index is 12.6. The monoisotopic (exact) mass is 368 g/mol. The molecule has 2 aromatic rings. The quantitative estimate of drug-likeness (QED) is 0.778. The fourth-order valence-electron chi connectivity index (χ4n) is 2.98. The first-order chi connectivity index (χ1) is 13.2. The van der Waals surface area contributed by atoms with Crippen LogP contribution in [0.5, 0.6) is 5.75 Å². The van der Waals surface area contributed by atoms with Crippen molar-refractivity contribution in [2.24, 2.45) is 0 Å². The number of aryl methyl sites for hydroxylation is 1. The van der Waals surface area contributed by atoms with Gasteiger partial charge in [-0.1, -0.05) is 30.3 Å². The highest BCUT2D eigenvalue weighted by molar-refractivity contribution is 5.94. The number of rotatable bonds is 8. The van der Waals surface area contributed by atoms with Crippen molar-refractivity contribution in [1.29, 1.82) is 0 Å². The Morgan fingerprint density at radius 1 is 1.15 bits per heavy atom. The van der Waals surface area contributed by atoms with E-state index >= 15 is 0 Å². The van der Waals surface area contributed by atoms with Crippen LogP contribution in [0.25, 0.3) is 0 Å². The van der Waals surface area contributed by atoms with E-state index in [1.807, 2.05) is 42.5 Å². The first kappa shape index (κ1) is 18.9. The van der Waals surface area contributed by atoms with E-state index < -0.39 is 0 Å².